The van der Waals surface area contributed by atoms with Crippen LogP contribution >= 0.6 is 0 Å². The van der Waals surface area contributed by atoms with Gasteiger partial charge >= 0.3 is 0 Å². The topological polar surface area (TPSA) is 85.2 Å². The molecular weight excluding hydrogens is 208 g/mol. The summed E-state index contributed by atoms with van der Waals surface area (Å²) in [5.74, 6) is -0.0908. The normalized spacial score (nSPS) is 10.3. The molecule has 0 unspecified atom stereocenters. The molecule has 0 radical (unpaired) electrons. The van der Waals surface area contributed by atoms with Crippen molar-refractivity contribution in [3.63, 3.8) is 0 Å². The molecule has 2 aromatic rings. The first kappa shape index (κ1) is 10.2. The molecule has 0 aliphatic rings. The van der Waals surface area contributed by atoms with Gasteiger partial charge in [0.2, 0.25) is 0 Å². The van der Waals surface area contributed by atoms with Gasteiger partial charge < -0.3 is 15.5 Å². The second-order valence-electron chi connectivity index (χ2n) is 3.31. The van der Waals surface area contributed by atoms with Crippen LogP contribution in [-0.4, -0.2) is 18.0 Å². The lowest BCUT2D eigenvalue weighted by Crippen LogP contribution is -2.23. The standard InChI is InChI=1S/C11H10N2O3/c1-16-7-2-3-8-6(4-7)5-13-11(15)9(8)10(12)14/h2-5H,1H3,(H2,12,14)(H,13,15). The largest absolute Gasteiger partial charge is 0.497 e. The number of pyridine rings is 1. The number of aromatic nitrogens is 1. The molecule has 0 fully saturated rings. The zero-order valence-corrected chi connectivity index (χ0v) is 8.61. The van der Waals surface area contributed by atoms with Crippen molar-refractivity contribution >= 4 is 16.7 Å². The molecule has 5 heteroatoms. The minimum atomic E-state index is -0.739. The number of amides is 1. The van der Waals surface area contributed by atoms with E-state index < -0.39 is 11.5 Å². The van der Waals surface area contributed by atoms with E-state index in [1.165, 1.54) is 6.20 Å². The Morgan fingerprint density at radius 1 is 1.44 bits per heavy atom. The Kier molecular flexibility index (Phi) is 2.36. The van der Waals surface area contributed by atoms with Crippen molar-refractivity contribution in [3.05, 3.63) is 40.3 Å². The Bertz CT molecular complexity index is 616. The van der Waals surface area contributed by atoms with Crippen LogP contribution in [0.5, 0.6) is 5.75 Å². The maximum atomic E-state index is 11.4. The number of nitrogens with one attached hydrogen (secondary N) is 1. The van der Waals surface area contributed by atoms with Crippen LogP contribution in [0.2, 0.25) is 0 Å². The second kappa shape index (κ2) is 3.69. The van der Waals surface area contributed by atoms with Gasteiger partial charge in [-0.05, 0) is 18.2 Å². The molecule has 2 rings (SSSR count). The predicted molar refractivity (Wildman–Crippen MR) is 59.6 cm³/mol. The van der Waals surface area contributed by atoms with E-state index in [0.29, 0.717) is 16.5 Å². The highest BCUT2D eigenvalue weighted by atomic mass is 16.5. The highest BCUT2D eigenvalue weighted by Gasteiger charge is 2.11. The minimum Gasteiger partial charge on any atom is -0.497 e. The SMILES string of the molecule is COc1ccc2c(C(N)=O)c(=O)[nH]cc2c1. The van der Waals surface area contributed by atoms with Gasteiger partial charge in [0.15, 0.2) is 0 Å². The van der Waals surface area contributed by atoms with Gasteiger partial charge in [0.05, 0.1) is 7.11 Å². The van der Waals surface area contributed by atoms with E-state index in [1.807, 2.05) is 0 Å². The lowest BCUT2D eigenvalue weighted by atomic mass is 10.1. The van der Waals surface area contributed by atoms with E-state index in [-0.39, 0.29) is 5.56 Å². The van der Waals surface area contributed by atoms with E-state index in [4.69, 9.17) is 10.5 Å². The Labute approximate surface area is 90.8 Å². The van der Waals surface area contributed by atoms with E-state index in [9.17, 15) is 9.59 Å². The number of ether oxygens (including phenoxy) is 1. The first-order valence-electron chi connectivity index (χ1n) is 4.62. The molecule has 5 nitrogen and oxygen atoms in total. The smallest absolute Gasteiger partial charge is 0.261 e. The molecule has 1 heterocycles. The fraction of sp³-hybridized carbons (Fsp3) is 0.0909. The summed E-state index contributed by atoms with van der Waals surface area (Å²) < 4.78 is 5.04. The number of aromatic amines is 1. The molecule has 0 saturated heterocycles. The van der Waals surface area contributed by atoms with Crippen molar-refractivity contribution < 1.29 is 9.53 Å². The van der Waals surface area contributed by atoms with Crippen molar-refractivity contribution in [1.29, 1.82) is 0 Å². The number of rotatable bonds is 2. The van der Waals surface area contributed by atoms with E-state index in [0.717, 1.165) is 0 Å². The van der Waals surface area contributed by atoms with Gasteiger partial charge in [0, 0.05) is 17.0 Å². The maximum Gasteiger partial charge on any atom is 0.261 e. The summed E-state index contributed by atoms with van der Waals surface area (Å²) in [5.41, 5.74) is 4.65. The number of fused-ring (bicyclic) bond motifs is 1. The van der Waals surface area contributed by atoms with Gasteiger partial charge in [-0.1, -0.05) is 0 Å². The summed E-state index contributed by atoms with van der Waals surface area (Å²) in [6.45, 7) is 0. The summed E-state index contributed by atoms with van der Waals surface area (Å²) in [7, 11) is 1.54. The van der Waals surface area contributed by atoms with Crippen molar-refractivity contribution in [2.24, 2.45) is 5.73 Å². The zero-order chi connectivity index (χ0) is 11.7. The highest BCUT2D eigenvalue weighted by molar-refractivity contribution is 6.05. The number of primary amides is 1. The second-order valence-corrected chi connectivity index (χ2v) is 3.31. The first-order valence-corrected chi connectivity index (χ1v) is 4.62. The number of nitrogens with two attached hydrogens (primary N) is 1. The third-order valence-electron chi connectivity index (χ3n) is 2.36. The van der Waals surface area contributed by atoms with Crippen molar-refractivity contribution in [3.8, 4) is 5.75 Å². The fourth-order valence-electron chi connectivity index (χ4n) is 1.60. The number of methoxy groups -OCH3 is 1. The average Bonchev–Trinajstić information content (AvgIpc) is 2.27. The zero-order valence-electron chi connectivity index (χ0n) is 8.61. The summed E-state index contributed by atoms with van der Waals surface area (Å²) in [6, 6.07) is 5.04. The lowest BCUT2D eigenvalue weighted by molar-refractivity contribution is 0.100. The molecule has 82 valence electrons. The van der Waals surface area contributed by atoms with E-state index >= 15 is 0 Å². The number of hydrogen-bond acceptors (Lipinski definition) is 3. The van der Waals surface area contributed by atoms with Crippen LogP contribution in [0.15, 0.2) is 29.2 Å². The monoisotopic (exact) mass is 218 g/mol. The van der Waals surface area contributed by atoms with E-state index in [2.05, 4.69) is 4.98 Å². The molecule has 0 atom stereocenters. The van der Waals surface area contributed by atoms with Crippen LogP contribution in [0.25, 0.3) is 10.8 Å². The Morgan fingerprint density at radius 3 is 2.81 bits per heavy atom. The van der Waals surface area contributed by atoms with Crippen LogP contribution < -0.4 is 16.0 Å². The van der Waals surface area contributed by atoms with Gasteiger partial charge in [0.25, 0.3) is 11.5 Å². The summed E-state index contributed by atoms with van der Waals surface area (Å²) >= 11 is 0. The molecule has 0 bridgehead atoms. The van der Waals surface area contributed by atoms with Gasteiger partial charge in [-0.25, -0.2) is 0 Å². The highest BCUT2D eigenvalue weighted by Crippen LogP contribution is 2.20. The molecule has 0 saturated carbocycles. The van der Waals surface area contributed by atoms with Gasteiger partial charge in [-0.15, -0.1) is 0 Å². The van der Waals surface area contributed by atoms with Crippen LogP contribution in [0.3, 0.4) is 0 Å². The summed E-state index contributed by atoms with van der Waals surface area (Å²) in [4.78, 5) is 25.1. The van der Waals surface area contributed by atoms with Crippen LogP contribution in [0, 0.1) is 0 Å². The minimum absolute atomic E-state index is 0.0276. The van der Waals surface area contributed by atoms with Gasteiger partial charge in [-0.2, -0.15) is 0 Å². The molecular formula is C11H10N2O3. The average molecular weight is 218 g/mol. The van der Waals surface area contributed by atoms with Crippen molar-refractivity contribution in [2.75, 3.05) is 7.11 Å². The Hall–Kier alpha value is -2.30. The number of carbonyl (C=O) groups excluding carboxylic acids is 1. The quantitative estimate of drug-likeness (QED) is 0.775. The summed E-state index contributed by atoms with van der Waals surface area (Å²) in [6.07, 6.45) is 1.52. The summed E-state index contributed by atoms with van der Waals surface area (Å²) in [5, 5.41) is 1.23. The fourth-order valence-corrected chi connectivity index (χ4v) is 1.60. The number of carbonyl (C=O) groups is 1. The maximum absolute atomic E-state index is 11.4. The van der Waals surface area contributed by atoms with Crippen molar-refractivity contribution in [1.82, 2.24) is 4.98 Å². The molecule has 16 heavy (non-hydrogen) atoms. The first-order chi connectivity index (χ1) is 7.63. The third-order valence-corrected chi connectivity index (χ3v) is 2.36. The molecule has 1 aromatic heterocycles. The molecule has 0 aliphatic heterocycles. The lowest BCUT2D eigenvalue weighted by Gasteiger charge is -2.04. The molecule has 0 spiro atoms. The Balaban J connectivity index is 2.84. The molecule has 0 aliphatic carbocycles. The van der Waals surface area contributed by atoms with Crippen LogP contribution in [0.1, 0.15) is 10.4 Å². The predicted octanol–water partition coefficient (Wildman–Crippen LogP) is 0.636. The van der Waals surface area contributed by atoms with Crippen molar-refractivity contribution in [2.45, 2.75) is 0 Å². The molecule has 3 N–H and O–H groups in total. The van der Waals surface area contributed by atoms with Gasteiger partial charge in [0.1, 0.15) is 11.3 Å². The van der Waals surface area contributed by atoms with Crippen LogP contribution in [-0.2, 0) is 0 Å². The van der Waals surface area contributed by atoms with Crippen LogP contribution in [0.4, 0.5) is 0 Å². The van der Waals surface area contributed by atoms with E-state index in [1.54, 1.807) is 25.3 Å². The Morgan fingerprint density at radius 2 is 2.19 bits per heavy atom. The number of benzene rings is 1. The third kappa shape index (κ3) is 1.52. The number of hydrogen-bond donors (Lipinski definition) is 2. The number of H-pyrrole nitrogens is 1. The molecule has 1 amide bonds. The molecule has 1 aromatic carbocycles. The van der Waals surface area contributed by atoms with Gasteiger partial charge in [-0.3, -0.25) is 9.59 Å².